The normalized spacial score (nSPS) is 11.6. The molecule has 0 aliphatic heterocycles. The van der Waals surface area contributed by atoms with E-state index in [2.05, 4.69) is 4.99 Å². The Bertz CT molecular complexity index is 1070. The Morgan fingerprint density at radius 3 is 2.78 bits per heavy atom. The van der Waals surface area contributed by atoms with Gasteiger partial charge < -0.3 is 14.0 Å². The van der Waals surface area contributed by atoms with Gasteiger partial charge in [0.05, 0.1) is 23.9 Å². The Morgan fingerprint density at radius 2 is 2.04 bits per heavy atom. The minimum Gasteiger partial charge on any atom is -0.497 e. The zero-order chi connectivity index (χ0) is 19.4. The van der Waals surface area contributed by atoms with Crippen LogP contribution in [0.4, 0.5) is 0 Å². The van der Waals surface area contributed by atoms with Gasteiger partial charge in [0.15, 0.2) is 4.80 Å². The third-order valence-corrected chi connectivity index (χ3v) is 5.03. The predicted octanol–water partition coefficient (Wildman–Crippen LogP) is 3.67. The van der Waals surface area contributed by atoms with E-state index in [1.165, 1.54) is 18.4 Å². The molecule has 0 aliphatic carbocycles. The summed E-state index contributed by atoms with van der Waals surface area (Å²) < 4.78 is 12.7. The number of fused-ring (bicyclic) bond motifs is 1. The number of benzene rings is 2. The molecular formula is C19H17ClN2O4S. The first kappa shape index (κ1) is 19.1. The minimum absolute atomic E-state index is 0.0420. The van der Waals surface area contributed by atoms with Crippen molar-refractivity contribution >= 4 is 45.0 Å². The molecule has 0 unspecified atom stereocenters. The van der Waals surface area contributed by atoms with Crippen LogP contribution in [0.1, 0.15) is 17.3 Å². The highest BCUT2D eigenvalue weighted by molar-refractivity contribution is 7.16. The molecule has 3 rings (SSSR count). The zero-order valence-electron chi connectivity index (χ0n) is 14.8. The molecule has 6 nitrogen and oxygen atoms in total. The quantitative estimate of drug-likeness (QED) is 0.608. The fourth-order valence-corrected chi connectivity index (χ4v) is 3.83. The third-order valence-electron chi connectivity index (χ3n) is 3.75. The van der Waals surface area contributed by atoms with Gasteiger partial charge in [-0.15, -0.1) is 0 Å². The minimum atomic E-state index is -0.427. The number of hydrogen-bond donors (Lipinski definition) is 0. The van der Waals surface area contributed by atoms with Gasteiger partial charge >= 0.3 is 5.97 Å². The van der Waals surface area contributed by atoms with Crippen molar-refractivity contribution in [2.24, 2.45) is 4.99 Å². The number of hydrogen-bond acceptors (Lipinski definition) is 5. The summed E-state index contributed by atoms with van der Waals surface area (Å²) in [5.74, 6) is -0.259. The van der Waals surface area contributed by atoms with Crippen LogP contribution in [0.2, 0.25) is 5.02 Å². The Balaban J connectivity index is 2.09. The molecule has 2 aromatic carbocycles. The van der Waals surface area contributed by atoms with E-state index in [1.54, 1.807) is 54.0 Å². The highest BCUT2D eigenvalue weighted by Gasteiger charge is 2.13. The Morgan fingerprint density at radius 1 is 1.22 bits per heavy atom. The SMILES string of the molecule is CCOC(=O)Cn1c(=NC(=O)c2cccc(OC)c2)sc2cc(Cl)ccc21. The van der Waals surface area contributed by atoms with Crippen molar-refractivity contribution in [1.82, 2.24) is 4.57 Å². The Hall–Kier alpha value is -2.64. The fraction of sp³-hybridized carbons (Fsp3) is 0.211. The van der Waals surface area contributed by atoms with Crippen molar-refractivity contribution < 1.29 is 19.1 Å². The van der Waals surface area contributed by atoms with Crippen molar-refractivity contribution in [3.8, 4) is 5.75 Å². The van der Waals surface area contributed by atoms with Gasteiger partial charge in [-0.1, -0.05) is 29.0 Å². The number of methoxy groups -OCH3 is 1. The summed E-state index contributed by atoms with van der Waals surface area (Å²) in [6.45, 7) is 1.98. The van der Waals surface area contributed by atoms with Gasteiger partial charge in [-0.3, -0.25) is 9.59 Å². The summed E-state index contributed by atoms with van der Waals surface area (Å²) in [6, 6.07) is 12.0. The smallest absolute Gasteiger partial charge is 0.326 e. The Kier molecular flexibility index (Phi) is 5.93. The lowest BCUT2D eigenvalue weighted by molar-refractivity contribution is -0.143. The number of ether oxygens (including phenoxy) is 2. The molecule has 0 aliphatic rings. The van der Waals surface area contributed by atoms with Crippen LogP contribution in [-0.4, -0.2) is 30.2 Å². The van der Waals surface area contributed by atoms with Gasteiger partial charge in [0.2, 0.25) is 0 Å². The van der Waals surface area contributed by atoms with E-state index < -0.39 is 11.9 Å². The van der Waals surface area contributed by atoms with E-state index in [4.69, 9.17) is 21.1 Å². The van der Waals surface area contributed by atoms with E-state index in [0.717, 1.165) is 10.2 Å². The maximum atomic E-state index is 12.6. The molecule has 1 amide bonds. The van der Waals surface area contributed by atoms with Gasteiger partial charge in [-0.2, -0.15) is 4.99 Å². The summed E-state index contributed by atoms with van der Waals surface area (Å²) >= 11 is 7.35. The molecule has 0 spiro atoms. The second-order valence-corrected chi connectivity index (χ2v) is 6.98. The van der Waals surface area contributed by atoms with Crippen molar-refractivity contribution in [3.63, 3.8) is 0 Å². The largest absolute Gasteiger partial charge is 0.497 e. The molecule has 0 fully saturated rings. The van der Waals surface area contributed by atoms with Gasteiger partial charge in [0.25, 0.3) is 5.91 Å². The summed E-state index contributed by atoms with van der Waals surface area (Å²) in [5.41, 5.74) is 1.15. The summed E-state index contributed by atoms with van der Waals surface area (Å²) in [7, 11) is 1.53. The molecule has 1 heterocycles. The predicted molar refractivity (Wildman–Crippen MR) is 104 cm³/mol. The Labute approximate surface area is 164 Å². The molecule has 140 valence electrons. The first-order valence-corrected chi connectivity index (χ1v) is 9.39. The number of thiazole rings is 1. The van der Waals surface area contributed by atoms with Gasteiger partial charge in [0.1, 0.15) is 12.3 Å². The molecule has 1 aromatic heterocycles. The highest BCUT2D eigenvalue weighted by Crippen LogP contribution is 2.22. The molecule has 0 atom stereocenters. The van der Waals surface area contributed by atoms with Gasteiger partial charge in [-0.25, -0.2) is 0 Å². The van der Waals surface area contributed by atoms with Crippen molar-refractivity contribution in [2.75, 3.05) is 13.7 Å². The van der Waals surface area contributed by atoms with Crippen molar-refractivity contribution in [3.05, 3.63) is 57.9 Å². The number of carbonyl (C=O) groups is 2. The lowest BCUT2D eigenvalue weighted by Gasteiger charge is -2.05. The zero-order valence-corrected chi connectivity index (χ0v) is 16.3. The van der Waals surface area contributed by atoms with E-state index in [1.807, 2.05) is 0 Å². The monoisotopic (exact) mass is 404 g/mol. The topological polar surface area (TPSA) is 69.9 Å². The van der Waals surface area contributed by atoms with Crippen molar-refractivity contribution in [2.45, 2.75) is 13.5 Å². The first-order valence-electron chi connectivity index (χ1n) is 8.19. The number of rotatable bonds is 5. The van der Waals surface area contributed by atoms with E-state index in [9.17, 15) is 9.59 Å². The van der Waals surface area contributed by atoms with Crippen LogP contribution in [0.3, 0.4) is 0 Å². The van der Waals surface area contributed by atoms with Crippen LogP contribution >= 0.6 is 22.9 Å². The van der Waals surface area contributed by atoms with Crippen LogP contribution in [0.25, 0.3) is 10.2 Å². The van der Waals surface area contributed by atoms with E-state index in [-0.39, 0.29) is 13.2 Å². The number of amides is 1. The third kappa shape index (κ3) is 4.37. The number of carbonyl (C=O) groups excluding carboxylic acids is 2. The number of aromatic nitrogens is 1. The molecule has 3 aromatic rings. The van der Waals surface area contributed by atoms with Gasteiger partial charge in [0, 0.05) is 10.6 Å². The van der Waals surface area contributed by atoms with Crippen LogP contribution in [0.5, 0.6) is 5.75 Å². The van der Waals surface area contributed by atoms with Crippen molar-refractivity contribution in [1.29, 1.82) is 0 Å². The van der Waals surface area contributed by atoms with Crippen LogP contribution in [-0.2, 0) is 16.1 Å². The second-order valence-electron chi connectivity index (χ2n) is 5.54. The molecule has 0 saturated carbocycles. The summed E-state index contributed by atoms with van der Waals surface area (Å²) in [6.07, 6.45) is 0. The second kappa shape index (κ2) is 8.37. The van der Waals surface area contributed by atoms with Crippen LogP contribution in [0.15, 0.2) is 47.5 Å². The van der Waals surface area contributed by atoms with E-state index in [0.29, 0.717) is 21.1 Å². The molecule has 27 heavy (non-hydrogen) atoms. The standard InChI is InChI=1S/C19H17ClN2O4S/c1-3-26-17(23)11-22-15-8-7-13(20)10-16(15)27-19(22)21-18(24)12-5-4-6-14(9-12)25-2/h4-10H,3,11H2,1-2H3. The number of halogens is 1. The maximum Gasteiger partial charge on any atom is 0.326 e. The molecule has 8 heteroatoms. The molecule has 0 N–H and O–H groups in total. The molecule has 0 bridgehead atoms. The lowest BCUT2D eigenvalue weighted by atomic mass is 10.2. The summed E-state index contributed by atoms with van der Waals surface area (Å²) in [5, 5.41) is 0.567. The number of esters is 1. The molecule has 0 saturated heterocycles. The highest BCUT2D eigenvalue weighted by atomic mass is 35.5. The summed E-state index contributed by atoms with van der Waals surface area (Å²) in [4.78, 5) is 29.2. The average molecular weight is 405 g/mol. The van der Waals surface area contributed by atoms with E-state index >= 15 is 0 Å². The average Bonchev–Trinajstić information content (AvgIpc) is 2.98. The first-order chi connectivity index (χ1) is 13.0. The number of nitrogens with zero attached hydrogens (tertiary/aromatic N) is 2. The van der Waals surface area contributed by atoms with Crippen LogP contribution in [0, 0.1) is 0 Å². The fourth-order valence-electron chi connectivity index (χ4n) is 2.53. The lowest BCUT2D eigenvalue weighted by Crippen LogP contribution is -2.23. The van der Waals surface area contributed by atoms with Crippen LogP contribution < -0.4 is 9.54 Å². The molecule has 0 radical (unpaired) electrons. The van der Waals surface area contributed by atoms with Gasteiger partial charge in [-0.05, 0) is 43.3 Å². The maximum absolute atomic E-state index is 12.6. The molecular weight excluding hydrogens is 388 g/mol.